The van der Waals surface area contributed by atoms with E-state index in [0.717, 1.165) is 0 Å². The maximum Gasteiger partial charge on any atom is 0.243 e. The third kappa shape index (κ3) is 3.02. The molecular formula is C12H15ClN2O2S. The van der Waals surface area contributed by atoms with Crippen LogP contribution in [0.4, 0.5) is 0 Å². The van der Waals surface area contributed by atoms with Gasteiger partial charge in [0.1, 0.15) is 0 Å². The Morgan fingerprint density at radius 1 is 1.44 bits per heavy atom. The fourth-order valence-electron chi connectivity index (χ4n) is 1.63. The average Bonchev–Trinajstić information content (AvgIpc) is 2.33. The lowest BCUT2D eigenvalue weighted by molar-refractivity contribution is 0.434. The van der Waals surface area contributed by atoms with Crippen LogP contribution in [0.5, 0.6) is 0 Å². The van der Waals surface area contributed by atoms with Crippen LogP contribution in [0.15, 0.2) is 23.1 Å². The van der Waals surface area contributed by atoms with Crippen LogP contribution in [0.25, 0.3) is 0 Å². The first-order chi connectivity index (χ1) is 8.45. The monoisotopic (exact) mass is 286 g/mol. The second-order valence-electron chi connectivity index (χ2n) is 3.77. The Balaban J connectivity index is 3.20. The van der Waals surface area contributed by atoms with Crippen molar-refractivity contribution < 1.29 is 8.42 Å². The highest BCUT2D eigenvalue weighted by Crippen LogP contribution is 2.25. The summed E-state index contributed by atoms with van der Waals surface area (Å²) in [6.07, 6.45) is 0.173. The Kier molecular flexibility index (Phi) is 5.15. The van der Waals surface area contributed by atoms with Crippen molar-refractivity contribution in [2.75, 3.05) is 13.1 Å². The van der Waals surface area contributed by atoms with Crippen molar-refractivity contribution in [3.8, 4) is 6.07 Å². The number of nitriles is 1. The third-order valence-corrected chi connectivity index (χ3v) is 5.19. The summed E-state index contributed by atoms with van der Waals surface area (Å²) < 4.78 is 26.1. The molecule has 0 bridgehead atoms. The molecule has 98 valence electrons. The van der Waals surface area contributed by atoms with Crippen molar-refractivity contribution in [1.29, 1.82) is 5.26 Å². The molecule has 0 saturated carbocycles. The van der Waals surface area contributed by atoms with Gasteiger partial charge < -0.3 is 0 Å². The Morgan fingerprint density at radius 2 is 2.11 bits per heavy atom. The molecule has 0 amide bonds. The molecule has 6 heteroatoms. The van der Waals surface area contributed by atoms with Gasteiger partial charge in [0.2, 0.25) is 10.0 Å². The summed E-state index contributed by atoms with van der Waals surface area (Å²) in [5, 5.41) is 8.98. The lowest BCUT2D eigenvalue weighted by atomic mass is 10.2. The predicted octanol–water partition coefficient (Wildman–Crippen LogP) is 2.57. The summed E-state index contributed by atoms with van der Waals surface area (Å²) in [5.41, 5.74) is 0.537. The number of sulfonamides is 1. The number of rotatable bonds is 5. The zero-order chi connectivity index (χ0) is 13.8. The van der Waals surface area contributed by atoms with Gasteiger partial charge in [0.05, 0.1) is 11.0 Å². The maximum absolute atomic E-state index is 12.4. The van der Waals surface area contributed by atoms with E-state index in [9.17, 15) is 8.42 Å². The molecule has 0 spiro atoms. The summed E-state index contributed by atoms with van der Waals surface area (Å²) in [6.45, 7) is 3.94. The van der Waals surface area contributed by atoms with E-state index < -0.39 is 10.0 Å². The fourth-order valence-corrected chi connectivity index (χ4v) is 3.56. The zero-order valence-electron chi connectivity index (χ0n) is 10.4. The highest BCUT2D eigenvalue weighted by molar-refractivity contribution is 7.89. The molecule has 0 radical (unpaired) electrons. The van der Waals surface area contributed by atoms with Crippen LogP contribution in [0.3, 0.4) is 0 Å². The van der Waals surface area contributed by atoms with Crippen LogP contribution < -0.4 is 0 Å². The smallest absolute Gasteiger partial charge is 0.207 e. The van der Waals surface area contributed by atoms with Crippen LogP contribution in [-0.4, -0.2) is 25.8 Å². The van der Waals surface area contributed by atoms with Crippen LogP contribution in [-0.2, 0) is 10.0 Å². The number of benzene rings is 1. The molecule has 0 aliphatic carbocycles. The van der Waals surface area contributed by atoms with Crippen molar-refractivity contribution in [2.24, 2.45) is 0 Å². The summed E-state index contributed by atoms with van der Waals surface area (Å²) >= 11 is 5.94. The molecular weight excluding hydrogens is 272 g/mol. The van der Waals surface area contributed by atoms with Crippen LogP contribution >= 0.6 is 11.6 Å². The number of nitrogens with zero attached hydrogens (tertiary/aromatic N) is 2. The van der Waals surface area contributed by atoms with Crippen molar-refractivity contribution in [2.45, 2.75) is 25.2 Å². The first-order valence-corrected chi connectivity index (χ1v) is 7.39. The molecule has 18 heavy (non-hydrogen) atoms. The first kappa shape index (κ1) is 15.0. The van der Waals surface area contributed by atoms with Gasteiger partial charge in [0.15, 0.2) is 0 Å². The minimum Gasteiger partial charge on any atom is -0.207 e. The normalized spacial score (nSPS) is 11.5. The third-order valence-electron chi connectivity index (χ3n) is 2.66. The summed E-state index contributed by atoms with van der Waals surface area (Å²) in [5.74, 6) is 0. The van der Waals surface area contributed by atoms with Gasteiger partial charge in [-0.2, -0.15) is 9.57 Å². The van der Waals surface area contributed by atoms with Gasteiger partial charge in [0.25, 0.3) is 0 Å². The van der Waals surface area contributed by atoms with E-state index >= 15 is 0 Å². The Bertz CT molecular complexity index is 564. The second kappa shape index (κ2) is 6.19. The van der Waals surface area contributed by atoms with Gasteiger partial charge in [-0.25, -0.2) is 8.42 Å². The Hall–Kier alpha value is -1.09. The van der Waals surface area contributed by atoms with Crippen molar-refractivity contribution in [3.05, 3.63) is 28.8 Å². The maximum atomic E-state index is 12.4. The molecule has 0 N–H and O–H groups in total. The minimum atomic E-state index is -3.58. The van der Waals surface area contributed by atoms with Gasteiger partial charge in [-0.05, 0) is 24.6 Å². The van der Waals surface area contributed by atoms with Crippen LogP contribution in [0.1, 0.15) is 18.9 Å². The largest absolute Gasteiger partial charge is 0.243 e. The van der Waals surface area contributed by atoms with Crippen molar-refractivity contribution in [3.63, 3.8) is 0 Å². The number of hydrogen-bond acceptors (Lipinski definition) is 3. The molecule has 1 aromatic rings. The quantitative estimate of drug-likeness (QED) is 0.836. The van der Waals surface area contributed by atoms with Gasteiger partial charge >= 0.3 is 0 Å². The van der Waals surface area contributed by atoms with E-state index in [4.69, 9.17) is 16.9 Å². The molecule has 0 heterocycles. The second-order valence-corrected chi connectivity index (χ2v) is 6.08. The summed E-state index contributed by atoms with van der Waals surface area (Å²) in [7, 11) is -3.58. The van der Waals surface area contributed by atoms with E-state index in [2.05, 4.69) is 0 Å². The van der Waals surface area contributed by atoms with E-state index in [1.54, 1.807) is 26.0 Å². The molecule has 0 unspecified atom stereocenters. The van der Waals surface area contributed by atoms with Gasteiger partial charge in [-0.1, -0.05) is 24.6 Å². The number of halogens is 1. The zero-order valence-corrected chi connectivity index (χ0v) is 11.9. The molecule has 4 nitrogen and oxygen atoms in total. The topological polar surface area (TPSA) is 61.2 Å². The molecule has 0 aliphatic heterocycles. The predicted molar refractivity (Wildman–Crippen MR) is 70.9 cm³/mol. The standard InChI is InChI=1S/C12H15ClN2O2S/c1-3-15(9-5-8-14)18(16,17)12-7-4-6-11(13)10(12)2/h4,6-7H,3,5,9H2,1-2H3. The molecule has 1 rings (SSSR count). The molecule has 1 aromatic carbocycles. The molecule has 0 aliphatic rings. The molecule has 0 saturated heterocycles. The van der Waals surface area contributed by atoms with E-state index in [-0.39, 0.29) is 17.9 Å². The van der Waals surface area contributed by atoms with Crippen LogP contribution in [0.2, 0.25) is 5.02 Å². The summed E-state index contributed by atoms with van der Waals surface area (Å²) in [6, 6.07) is 6.75. The average molecular weight is 287 g/mol. The highest BCUT2D eigenvalue weighted by Gasteiger charge is 2.24. The van der Waals surface area contributed by atoms with Gasteiger partial charge in [-0.3, -0.25) is 0 Å². The molecule has 0 atom stereocenters. The van der Waals surface area contributed by atoms with E-state index in [1.807, 2.05) is 6.07 Å². The molecule has 0 aromatic heterocycles. The van der Waals surface area contributed by atoms with Crippen LogP contribution in [0, 0.1) is 18.3 Å². The lowest BCUT2D eigenvalue weighted by Gasteiger charge is -2.20. The SMILES string of the molecule is CCN(CCC#N)S(=O)(=O)c1cccc(Cl)c1C. The fraction of sp³-hybridized carbons (Fsp3) is 0.417. The van der Waals surface area contributed by atoms with Gasteiger partial charge in [0, 0.05) is 24.5 Å². The minimum absolute atomic E-state index is 0.173. The highest BCUT2D eigenvalue weighted by atomic mass is 35.5. The van der Waals surface area contributed by atoms with E-state index in [1.165, 1.54) is 10.4 Å². The van der Waals surface area contributed by atoms with E-state index in [0.29, 0.717) is 17.1 Å². The molecule has 0 fully saturated rings. The Morgan fingerprint density at radius 3 is 2.67 bits per heavy atom. The van der Waals surface area contributed by atoms with Gasteiger partial charge in [-0.15, -0.1) is 0 Å². The number of hydrogen-bond donors (Lipinski definition) is 0. The van der Waals surface area contributed by atoms with Crippen molar-refractivity contribution in [1.82, 2.24) is 4.31 Å². The Labute approximate surface area is 113 Å². The van der Waals surface area contributed by atoms with Crippen molar-refractivity contribution >= 4 is 21.6 Å². The summed E-state index contributed by atoms with van der Waals surface area (Å²) in [4.78, 5) is 0.204. The lowest BCUT2D eigenvalue weighted by Crippen LogP contribution is -2.32. The first-order valence-electron chi connectivity index (χ1n) is 5.57.